The molecule has 5 nitrogen and oxygen atoms in total. The SMILES string of the molecule is O=C(Nc1ccnn1Cc1ccccc1)c1nc(Cl)c(Cl)c(Cl)c1Cl. The van der Waals surface area contributed by atoms with Crippen LogP contribution in [0, 0.1) is 0 Å². The Balaban J connectivity index is 1.85. The van der Waals surface area contributed by atoms with Crippen LogP contribution < -0.4 is 5.32 Å². The van der Waals surface area contributed by atoms with Crippen LogP contribution in [0.1, 0.15) is 16.1 Å². The highest BCUT2D eigenvalue weighted by molar-refractivity contribution is 6.52. The molecule has 0 aliphatic rings. The van der Waals surface area contributed by atoms with Crippen LogP contribution in [0.25, 0.3) is 0 Å². The standard InChI is InChI=1S/C16H10Cl4N4O/c17-11-12(18)14(23-15(20)13(11)19)16(25)22-10-6-7-21-24(10)8-9-4-2-1-3-5-9/h1-7H,8H2,(H,22,25). The summed E-state index contributed by atoms with van der Waals surface area (Å²) in [4.78, 5) is 16.4. The highest BCUT2D eigenvalue weighted by Gasteiger charge is 2.21. The largest absolute Gasteiger partial charge is 0.305 e. The second-order valence-corrected chi connectivity index (χ2v) is 6.50. The molecule has 0 atom stereocenters. The number of nitrogens with one attached hydrogen (secondary N) is 1. The van der Waals surface area contributed by atoms with Gasteiger partial charge < -0.3 is 5.32 Å². The number of hydrogen-bond donors (Lipinski definition) is 1. The van der Waals surface area contributed by atoms with E-state index in [2.05, 4.69) is 15.4 Å². The first-order valence-corrected chi connectivity index (χ1v) is 8.55. The first-order chi connectivity index (χ1) is 12.0. The maximum absolute atomic E-state index is 12.5. The topological polar surface area (TPSA) is 59.8 Å². The van der Waals surface area contributed by atoms with E-state index in [1.807, 2.05) is 30.3 Å². The fourth-order valence-electron chi connectivity index (χ4n) is 2.13. The highest BCUT2D eigenvalue weighted by Crippen LogP contribution is 2.36. The molecule has 9 heteroatoms. The fraction of sp³-hybridized carbons (Fsp3) is 0.0625. The first-order valence-electron chi connectivity index (χ1n) is 7.04. The predicted molar refractivity (Wildman–Crippen MR) is 100 cm³/mol. The molecule has 3 rings (SSSR count). The van der Waals surface area contributed by atoms with Gasteiger partial charge in [-0.2, -0.15) is 5.10 Å². The number of anilines is 1. The molecule has 1 N–H and O–H groups in total. The van der Waals surface area contributed by atoms with Gasteiger partial charge in [-0.3, -0.25) is 4.79 Å². The van der Waals surface area contributed by atoms with Crippen molar-refractivity contribution < 1.29 is 4.79 Å². The zero-order valence-electron chi connectivity index (χ0n) is 12.5. The zero-order chi connectivity index (χ0) is 18.0. The summed E-state index contributed by atoms with van der Waals surface area (Å²) in [5, 5.41) is 6.71. The van der Waals surface area contributed by atoms with E-state index < -0.39 is 5.91 Å². The molecule has 1 amide bonds. The van der Waals surface area contributed by atoms with Gasteiger partial charge in [0.15, 0.2) is 5.69 Å². The van der Waals surface area contributed by atoms with Gasteiger partial charge in [-0.15, -0.1) is 0 Å². The molecule has 0 aliphatic heterocycles. The average molecular weight is 416 g/mol. The molecule has 3 aromatic rings. The molecule has 0 spiro atoms. The van der Waals surface area contributed by atoms with Crippen LogP contribution in [0.5, 0.6) is 0 Å². The van der Waals surface area contributed by atoms with Gasteiger partial charge in [0, 0.05) is 6.07 Å². The van der Waals surface area contributed by atoms with Crippen LogP contribution in [0.4, 0.5) is 5.82 Å². The van der Waals surface area contributed by atoms with Crippen LogP contribution in [0.2, 0.25) is 20.2 Å². The van der Waals surface area contributed by atoms with E-state index in [0.717, 1.165) is 5.56 Å². The number of halogens is 4. The molecule has 1 aromatic carbocycles. The molecule has 0 aliphatic carbocycles. The van der Waals surface area contributed by atoms with Gasteiger partial charge in [0.25, 0.3) is 5.91 Å². The summed E-state index contributed by atoms with van der Waals surface area (Å²) in [5.74, 6) is -0.0887. The Labute approximate surface area is 163 Å². The third-order valence-electron chi connectivity index (χ3n) is 3.33. The molecule has 128 valence electrons. The second kappa shape index (κ2) is 7.62. The number of nitrogens with zero attached hydrogens (tertiary/aromatic N) is 3. The van der Waals surface area contributed by atoms with Gasteiger partial charge in [-0.1, -0.05) is 76.7 Å². The lowest BCUT2D eigenvalue weighted by Crippen LogP contribution is -2.18. The number of aromatic nitrogens is 3. The van der Waals surface area contributed by atoms with Gasteiger partial charge in [-0.05, 0) is 5.56 Å². The summed E-state index contributed by atoms with van der Waals surface area (Å²) in [7, 11) is 0. The smallest absolute Gasteiger partial charge is 0.277 e. The summed E-state index contributed by atoms with van der Waals surface area (Å²) in [6.45, 7) is 0.493. The third-order valence-corrected chi connectivity index (χ3v) is 5.01. The van der Waals surface area contributed by atoms with E-state index in [1.54, 1.807) is 16.9 Å². The van der Waals surface area contributed by atoms with Crippen LogP contribution >= 0.6 is 46.4 Å². The second-order valence-electron chi connectivity index (χ2n) is 5.01. The van der Waals surface area contributed by atoms with Gasteiger partial charge in [0.2, 0.25) is 0 Å². The van der Waals surface area contributed by atoms with Crippen LogP contribution in [-0.2, 0) is 6.54 Å². The van der Waals surface area contributed by atoms with Crippen molar-refractivity contribution in [2.75, 3.05) is 5.32 Å². The molecule has 0 saturated heterocycles. The lowest BCUT2D eigenvalue weighted by Gasteiger charge is -2.11. The number of amides is 1. The maximum Gasteiger partial charge on any atom is 0.277 e. The Morgan fingerprint density at radius 1 is 1.00 bits per heavy atom. The quantitative estimate of drug-likeness (QED) is 0.596. The van der Waals surface area contributed by atoms with Gasteiger partial charge in [-0.25, -0.2) is 9.67 Å². The normalized spacial score (nSPS) is 10.7. The Morgan fingerprint density at radius 3 is 2.44 bits per heavy atom. The molecule has 0 bridgehead atoms. The van der Waals surface area contributed by atoms with Crippen molar-refractivity contribution in [2.24, 2.45) is 0 Å². The van der Waals surface area contributed by atoms with Crippen molar-refractivity contribution in [1.29, 1.82) is 0 Å². The molecule has 0 fully saturated rings. The monoisotopic (exact) mass is 414 g/mol. The van der Waals surface area contributed by atoms with Crippen molar-refractivity contribution in [2.45, 2.75) is 6.54 Å². The van der Waals surface area contributed by atoms with Gasteiger partial charge in [0.05, 0.1) is 27.8 Å². The van der Waals surface area contributed by atoms with Crippen LogP contribution in [-0.4, -0.2) is 20.7 Å². The highest BCUT2D eigenvalue weighted by atomic mass is 35.5. The summed E-state index contributed by atoms with van der Waals surface area (Å²) in [6, 6.07) is 11.4. The van der Waals surface area contributed by atoms with Crippen molar-refractivity contribution in [1.82, 2.24) is 14.8 Å². The third kappa shape index (κ3) is 3.90. The summed E-state index contributed by atoms with van der Waals surface area (Å²) in [5.41, 5.74) is 0.920. The molecule has 0 radical (unpaired) electrons. The van der Waals surface area contributed by atoms with Crippen molar-refractivity contribution in [3.8, 4) is 0 Å². The summed E-state index contributed by atoms with van der Waals surface area (Å²) in [6.07, 6.45) is 1.58. The number of hydrogen-bond acceptors (Lipinski definition) is 3. The molecular weight excluding hydrogens is 406 g/mol. The van der Waals surface area contributed by atoms with Gasteiger partial charge in [0.1, 0.15) is 11.0 Å². The molecule has 2 heterocycles. The number of carbonyl (C=O) groups excluding carboxylic acids is 1. The minimum atomic E-state index is -0.569. The lowest BCUT2D eigenvalue weighted by atomic mass is 10.2. The molecule has 2 aromatic heterocycles. The zero-order valence-corrected chi connectivity index (χ0v) is 15.5. The van der Waals surface area contributed by atoms with Crippen molar-refractivity contribution >= 4 is 58.1 Å². The van der Waals surface area contributed by atoms with E-state index in [4.69, 9.17) is 46.4 Å². The average Bonchev–Trinajstić information content (AvgIpc) is 3.03. The number of carbonyl (C=O) groups is 1. The number of pyridine rings is 1. The summed E-state index contributed by atoms with van der Waals surface area (Å²) < 4.78 is 1.64. The maximum atomic E-state index is 12.5. The molecule has 0 saturated carbocycles. The van der Waals surface area contributed by atoms with E-state index in [-0.39, 0.29) is 25.9 Å². The van der Waals surface area contributed by atoms with Gasteiger partial charge >= 0.3 is 0 Å². The minimum Gasteiger partial charge on any atom is -0.305 e. The van der Waals surface area contributed by atoms with Crippen molar-refractivity contribution in [3.63, 3.8) is 0 Å². The van der Waals surface area contributed by atoms with E-state index >= 15 is 0 Å². The van der Waals surface area contributed by atoms with E-state index in [1.165, 1.54) is 0 Å². The molecule has 25 heavy (non-hydrogen) atoms. The fourth-order valence-corrected chi connectivity index (χ4v) is 2.95. The first kappa shape index (κ1) is 18.0. The van der Waals surface area contributed by atoms with Crippen LogP contribution in [0.15, 0.2) is 42.6 Å². The minimum absolute atomic E-state index is 0.000923. The Kier molecular flexibility index (Phi) is 5.49. The van der Waals surface area contributed by atoms with E-state index in [9.17, 15) is 4.79 Å². The number of benzene rings is 1. The van der Waals surface area contributed by atoms with E-state index in [0.29, 0.717) is 12.4 Å². The Hall–Kier alpha value is -1.79. The summed E-state index contributed by atoms with van der Waals surface area (Å²) >= 11 is 23.8. The molecular formula is C16H10Cl4N4O. The van der Waals surface area contributed by atoms with Crippen molar-refractivity contribution in [3.05, 3.63) is 74.1 Å². The lowest BCUT2D eigenvalue weighted by molar-refractivity contribution is 0.102. The molecule has 0 unspecified atom stereocenters. The Morgan fingerprint density at radius 2 is 1.72 bits per heavy atom. The number of rotatable bonds is 4. The Bertz CT molecular complexity index is 927. The van der Waals surface area contributed by atoms with Crippen LogP contribution in [0.3, 0.4) is 0 Å². The predicted octanol–water partition coefficient (Wildman–Crippen LogP) is 5.19.